The third-order valence-electron chi connectivity index (χ3n) is 4.15. The fourth-order valence-electron chi connectivity index (χ4n) is 2.95. The highest BCUT2D eigenvalue weighted by atomic mass is 19.4. The van der Waals surface area contributed by atoms with Crippen LogP contribution in [-0.4, -0.2) is 27.0 Å². The van der Waals surface area contributed by atoms with E-state index in [1.54, 1.807) is 23.4 Å². The fourth-order valence-corrected chi connectivity index (χ4v) is 2.95. The van der Waals surface area contributed by atoms with Crippen LogP contribution in [0.25, 0.3) is 0 Å². The van der Waals surface area contributed by atoms with Crippen LogP contribution in [0.2, 0.25) is 0 Å². The van der Waals surface area contributed by atoms with Gasteiger partial charge in [0.2, 0.25) is 0 Å². The molecule has 7 heteroatoms. The largest absolute Gasteiger partial charge is 0.480 e. The molecule has 1 N–H and O–H groups in total. The van der Waals surface area contributed by atoms with Crippen molar-refractivity contribution in [3.63, 3.8) is 0 Å². The highest BCUT2D eigenvalue weighted by Gasteiger charge is 2.35. The van der Waals surface area contributed by atoms with Gasteiger partial charge in [-0.3, -0.25) is 14.7 Å². The summed E-state index contributed by atoms with van der Waals surface area (Å²) in [6.45, 7) is 0.478. The molecule has 0 spiro atoms. The van der Waals surface area contributed by atoms with Crippen LogP contribution in [0.5, 0.6) is 0 Å². The van der Waals surface area contributed by atoms with Gasteiger partial charge in [-0.15, -0.1) is 0 Å². The molecule has 2 aromatic rings. The number of halogens is 3. The molecule has 3 rings (SSSR count). The van der Waals surface area contributed by atoms with E-state index in [-0.39, 0.29) is 13.0 Å². The number of aliphatic carboxylic acids is 1. The lowest BCUT2D eigenvalue weighted by atomic mass is 9.92. The van der Waals surface area contributed by atoms with Crippen LogP contribution in [0, 0.1) is 0 Å². The van der Waals surface area contributed by atoms with Crippen LogP contribution >= 0.6 is 0 Å². The maximum atomic E-state index is 12.9. The molecule has 0 saturated carbocycles. The minimum atomic E-state index is -4.41. The molecule has 1 aromatic heterocycles. The number of benzene rings is 1. The Hall–Kier alpha value is -2.41. The highest BCUT2D eigenvalue weighted by Crippen LogP contribution is 2.33. The zero-order valence-electron chi connectivity index (χ0n) is 12.6. The van der Waals surface area contributed by atoms with E-state index < -0.39 is 23.8 Å². The summed E-state index contributed by atoms with van der Waals surface area (Å²) in [6, 6.07) is 6.29. The van der Waals surface area contributed by atoms with Crippen LogP contribution in [-0.2, 0) is 30.5 Å². The Morgan fingerprint density at radius 3 is 2.71 bits per heavy atom. The van der Waals surface area contributed by atoms with E-state index in [0.29, 0.717) is 17.7 Å². The highest BCUT2D eigenvalue weighted by molar-refractivity contribution is 5.74. The number of aromatic nitrogens is 1. The summed E-state index contributed by atoms with van der Waals surface area (Å²) in [5.41, 5.74) is 1.28. The van der Waals surface area contributed by atoms with Gasteiger partial charge in [0.25, 0.3) is 0 Å². The van der Waals surface area contributed by atoms with Crippen molar-refractivity contribution in [2.45, 2.75) is 31.7 Å². The lowest BCUT2D eigenvalue weighted by molar-refractivity contribution is -0.144. The van der Waals surface area contributed by atoms with Gasteiger partial charge in [0.15, 0.2) is 0 Å². The van der Waals surface area contributed by atoms with E-state index in [1.807, 2.05) is 6.07 Å². The standard InChI is InChI=1S/C17H15F3N2O2/c18-17(19,20)14-4-3-12-7-15(16(23)24)22(10-13(12)6-14)9-11-2-1-5-21-8-11/h1-6,8,15H,7,9-10H2,(H,23,24). The summed E-state index contributed by atoms with van der Waals surface area (Å²) in [5.74, 6) is -0.982. The number of nitrogens with zero attached hydrogens (tertiary/aromatic N) is 2. The van der Waals surface area contributed by atoms with Crippen LogP contribution in [0.15, 0.2) is 42.7 Å². The smallest absolute Gasteiger partial charge is 0.416 e. The molecule has 1 aliphatic heterocycles. The zero-order valence-corrected chi connectivity index (χ0v) is 12.6. The minimum Gasteiger partial charge on any atom is -0.480 e. The minimum absolute atomic E-state index is 0.158. The van der Waals surface area contributed by atoms with E-state index >= 15 is 0 Å². The van der Waals surface area contributed by atoms with Gasteiger partial charge in [-0.1, -0.05) is 12.1 Å². The molecular weight excluding hydrogens is 321 g/mol. The van der Waals surface area contributed by atoms with Crippen molar-refractivity contribution in [2.24, 2.45) is 0 Å². The Morgan fingerprint density at radius 2 is 2.08 bits per heavy atom. The summed E-state index contributed by atoms with van der Waals surface area (Å²) in [5, 5.41) is 9.46. The summed E-state index contributed by atoms with van der Waals surface area (Å²) < 4.78 is 38.7. The molecular formula is C17H15F3N2O2. The number of hydrogen-bond acceptors (Lipinski definition) is 3. The monoisotopic (exact) mass is 336 g/mol. The lowest BCUT2D eigenvalue weighted by Crippen LogP contribution is -2.45. The molecule has 126 valence electrons. The number of hydrogen-bond donors (Lipinski definition) is 1. The van der Waals surface area contributed by atoms with Crippen LogP contribution in [0.3, 0.4) is 0 Å². The Labute approximate surface area is 136 Å². The van der Waals surface area contributed by atoms with Crippen LogP contribution in [0.1, 0.15) is 22.3 Å². The van der Waals surface area contributed by atoms with Gasteiger partial charge in [0.1, 0.15) is 6.04 Å². The quantitative estimate of drug-likeness (QED) is 0.936. The molecule has 0 bridgehead atoms. The average Bonchev–Trinajstić information content (AvgIpc) is 2.53. The van der Waals surface area contributed by atoms with Crippen molar-refractivity contribution < 1.29 is 23.1 Å². The van der Waals surface area contributed by atoms with Crippen molar-refractivity contribution in [1.29, 1.82) is 0 Å². The van der Waals surface area contributed by atoms with E-state index in [1.165, 1.54) is 6.07 Å². The topological polar surface area (TPSA) is 53.4 Å². The Bertz CT molecular complexity index is 747. The Balaban J connectivity index is 1.91. The van der Waals surface area contributed by atoms with Crippen molar-refractivity contribution in [3.05, 3.63) is 65.0 Å². The lowest BCUT2D eigenvalue weighted by Gasteiger charge is -2.34. The summed E-state index contributed by atoms with van der Waals surface area (Å²) in [4.78, 5) is 17.2. The number of rotatable bonds is 3. The zero-order chi connectivity index (χ0) is 17.3. The molecule has 0 aliphatic carbocycles. The van der Waals surface area contributed by atoms with E-state index in [2.05, 4.69) is 4.98 Å². The molecule has 0 radical (unpaired) electrons. The Morgan fingerprint density at radius 1 is 1.29 bits per heavy atom. The number of carbonyl (C=O) groups is 1. The third kappa shape index (κ3) is 3.41. The van der Waals surface area contributed by atoms with E-state index in [9.17, 15) is 23.1 Å². The van der Waals surface area contributed by atoms with Gasteiger partial charge < -0.3 is 5.11 Å². The number of carboxylic acid groups (broad SMARTS) is 1. The van der Waals surface area contributed by atoms with Gasteiger partial charge in [-0.05, 0) is 41.3 Å². The molecule has 1 unspecified atom stereocenters. The van der Waals surface area contributed by atoms with Gasteiger partial charge in [-0.2, -0.15) is 13.2 Å². The molecule has 2 heterocycles. The second kappa shape index (κ2) is 6.24. The second-order valence-corrected chi connectivity index (χ2v) is 5.81. The maximum absolute atomic E-state index is 12.9. The number of carboxylic acids is 1. The van der Waals surface area contributed by atoms with Crippen molar-refractivity contribution in [3.8, 4) is 0 Å². The number of pyridine rings is 1. The first-order valence-corrected chi connectivity index (χ1v) is 7.39. The predicted molar refractivity (Wildman–Crippen MR) is 80.1 cm³/mol. The van der Waals surface area contributed by atoms with Crippen LogP contribution in [0.4, 0.5) is 13.2 Å². The van der Waals surface area contributed by atoms with Crippen molar-refractivity contribution in [1.82, 2.24) is 9.88 Å². The van der Waals surface area contributed by atoms with E-state index in [0.717, 1.165) is 17.7 Å². The second-order valence-electron chi connectivity index (χ2n) is 5.81. The first-order chi connectivity index (χ1) is 11.3. The first-order valence-electron chi connectivity index (χ1n) is 7.39. The number of alkyl halides is 3. The van der Waals surface area contributed by atoms with Gasteiger partial charge >= 0.3 is 12.1 Å². The third-order valence-corrected chi connectivity index (χ3v) is 4.15. The van der Waals surface area contributed by atoms with Crippen molar-refractivity contribution in [2.75, 3.05) is 0 Å². The number of fused-ring (bicyclic) bond motifs is 1. The van der Waals surface area contributed by atoms with E-state index in [4.69, 9.17) is 0 Å². The van der Waals surface area contributed by atoms with Crippen LogP contribution < -0.4 is 0 Å². The predicted octanol–water partition coefficient (Wildman–Crippen LogP) is 3.11. The molecule has 1 aromatic carbocycles. The van der Waals surface area contributed by atoms with Crippen molar-refractivity contribution >= 4 is 5.97 Å². The Kier molecular flexibility index (Phi) is 4.28. The molecule has 1 atom stereocenters. The van der Waals surface area contributed by atoms with Gasteiger partial charge in [0, 0.05) is 25.5 Å². The summed E-state index contributed by atoms with van der Waals surface area (Å²) in [7, 11) is 0. The molecule has 1 aliphatic rings. The summed E-state index contributed by atoms with van der Waals surface area (Å²) in [6.07, 6.45) is -0.990. The SMILES string of the molecule is O=C(O)C1Cc2ccc(C(F)(F)F)cc2CN1Cc1cccnc1. The molecule has 0 saturated heterocycles. The fraction of sp³-hybridized carbons (Fsp3) is 0.294. The maximum Gasteiger partial charge on any atom is 0.416 e. The molecule has 0 fully saturated rings. The molecule has 0 amide bonds. The van der Waals surface area contributed by atoms with Gasteiger partial charge in [-0.25, -0.2) is 0 Å². The first kappa shape index (κ1) is 16.4. The normalized spacial score (nSPS) is 18.2. The van der Waals surface area contributed by atoms with Gasteiger partial charge in [0.05, 0.1) is 5.56 Å². The average molecular weight is 336 g/mol. The molecule has 4 nitrogen and oxygen atoms in total. The molecule has 24 heavy (non-hydrogen) atoms. The summed E-state index contributed by atoms with van der Waals surface area (Å²) >= 11 is 0.